The summed E-state index contributed by atoms with van der Waals surface area (Å²) in [6, 6.07) is 4.65. The first kappa shape index (κ1) is 18.2. The lowest BCUT2D eigenvalue weighted by molar-refractivity contribution is -0.316. The minimum atomic E-state index is -1.54. The zero-order valence-corrected chi connectivity index (χ0v) is 13.6. The van der Waals surface area contributed by atoms with E-state index in [0.29, 0.717) is 5.56 Å². The van der Waals surface area contributed by atoms with E-state index in [-0.39, 0.29) is 29.4 Å². The highest BCUT2D eigenvalue weighted by Gasteiger charge is 2.46. The van der Waals surface area contributed by atoms with E-state index in [0.717, 1.165) is 0 Å². The van der Waals surface area contributed by atoms with Crippen molar-refractivity contribution < 1.29 is 39.8 Å². The van der Waals surface area contributed by atoms with Gasteiger partial charge in [-0.1, -0.05) is 19.1 Å². The van der Waals surface area contributed by atoms with Gasteiger partial charge in [-0.15, -0.1) is 0 Å². The molecule has 0 radical (unpaired) electrons. The van der Waals surface area contributed by atoms with Crippen molar-refractivity contribution in [1.82, 2.24) is 0 Å². The highest BCUT2D eigenvalue weighted by molar-refractivity contribution is 6.01. The maximum atomic E-state index is 12.2. The molecule has 8 heteroatoms. The van der Waals surface area contributed by atoms with Crippen LogP contribution in [0.25, 0.3) is 0 Å². The van der Waals surface area contributed by atoms with E-state index in [1.165, 1.54) is 6.07 Å². The third-order valence-electron chi connectivity index (χ3n) is 4.81. The van der Waals surface area contributed by atoms with Gasteiger partial charge in [0.25, 0.3) is 0 Å². The van der Waals surface area contributed by atoms with Crippen LogP contribution in [0.4, 0.5) is 0 Å². The molecule has 0 aromatic heterocycles. The number of carbonyl (C=O) groups is 1. The van der Waals surface area contributed by atoms with Gasteiger partial charge in [0.2, 0.25) is 0 Å². The first-order valence-electron chi connectivity index (χ1n) is 8.16. The monoisotopic (exact) mass is 354 g/mol. The van der Waals surface area contributed by atoms with Crippen LogP contribution in [0.5, 0.6) is 5.75 Å². The fraction of sp³-hybridized carbons (Fsp3) is 0.588. The second-order valence-corrected chi connectivity index (χ2v) is 6.60. The molecular weight excluding hydrogens is 332 g/mol. The Bertz CT molecular complexity index is 646. The number of phenols is 1. The number of aliphatic hydroxyl groups excluding tert-OH is 4. The van der Waals surface area contributed by atoms with Crippen molar-refractivity contribution in [3.05, 3.63) is 29.3 Å². The number of ether oxygens (including phenoxy) is 2. The molecule has 1 aromatic carbocycles. The average Bonchev–Trinajstić information content (AvgIpc) is 2.58. The molecule has 0 unspecified atom stereocenters. The molecule has 1 fully saturated rings. The smallest absolute Gasteiger partial charge is 0.187 e. The summed E-state index contributed by atoms with van der Waals surface area (Å²) < 4.78 is 11.2. The Morgan fingerprint density at radius 1 is 1.20 bits per heavy atom. The van der Waals surface area contributed by atoms with Gasteiger partial charge in [0.05, 0.1) is 18.3 Å². The standard InChI is InChI=1S/C17H22O8/c1-7-5-10(20)12-8(3-2-4-9(12)19)16(7)25-17-15(23)14(22)13(21)11(6-18)24-17/h2-4,7,11,13-19,21-23H,5-6H2,1H3/t7-,11+,13+,14-,15+,16+,17-/m0/s1. The Kier molecular flexibility index (Phi) is 5.10. The molecule has 2 aliphatic rings. The maximum absolute atomic E-state index is 12.2. The number of benzene rings is 1. The number of aromatic hydroxyl groups is 1. The van der Waals surface area contributed by atoms with E-state index in [4.69, 9.17) is 9.47 Å². The number of ketones is 1. The van der Waals surface area contributed by atoms with Gasteiger partial charge in [0.15, 0.2) is 12.1 Å². The summed E-state index contributed by atoms with van der Waals surface area (Å²) in [5, 5.41) is 49.1. The number of aliphatic hydroxyl groups is 4. The predicted molar refractivity (Wildman–Crippen MR) is 83.8 cm³/mol. The number of phenolic OH excluding ortho intramolecular Hbond substituents is 1. The average molecular weight is 354 g/mol. The minimum Gasteiger partial charge on any atom is -0.507 e. The zero-order chi connectivity index (χ0) is 18.3. The fourth-order valence-corrected chi connectivity index (χ4v) is 3.44. The van der Waals surface area contributed by atoms with Gasteiger partial charge in [0, 0.05) is 6.42 Å². The van der Waals surface area contributed by atoms with E-state index in [2.05, 4.69) is 0 Å². The van der Waals surface area contributed by atoms with Gasteiger partial charge in [-0.05, 0) is 17.5 Å². The molecule has 1 aliphatic carbocycles. The van der Waals surface area contributed by atoms with Crippen molar-refractivity contribution in [2.75, 3.05) is 6.61 Å². The number of hydrogen-bond donors (Lipinski definition) is 5. The number of carbonyl (C=O) groups excluding carboxylic acids is 1. The van der Waals surface area contributed by atoms with Crippen molar-refractivity contribution in [2.45, 2.75) is 50.2 Å². The normalized spacial score (nSPS) is 38.4. The molecule has 1 heterocycles. The lowest BCUT2D eigenvalue weighted by Crippen LogP contribution is -2.59. The third kappa shape index (κ3) is 3.17. The van der Waals surface area contributed by atoms with Crippen molar-refractivity contribution in [3.8, 4) is 5.75 Å². The van der Waals surface area contributed by atoms with Gasteiger partial charge in [-0.2, -0.15) is 0 Å². The molecule has 1 aliphatic heterocycles. The maximum Gasteiger partial charge on any atom is 0.187 e. The Balaban J connectivity index is 1.88. The van der Waals surface area contributed by atoms with Crippen LogP contribution in [-0.4, -0.2) is 68.6 Å². The first-order chi connectivity index (χ1) is 11.8. The molecule has 8 nitrogen and oxygen atoms in total. The van der Waals surface area contributed by atoms with Gasteiger partial charge < -0.3 is 35.0 Å². The summed E-state index contributed by atoms with van der Waals surface area (Å²) in [6.45, 7) is 1.24. The lowest BCUT2D eigenvalue weighted by atomic mass is 9.81. The zero-order valence-electron chi connectivity index (χ0n) is 13.6. The van der Waals surface area contributed by atoms with Crippen molar-refractivity contribution in [1.29, 1.82) is 0 Å². The number of rotatable bonds is 3. The quantitative estimate of drug-likeness (QED) is 0.489. The van der Waals surface area contributed by atoms with E-state index in [1.807, 2.05) is 0 Å². The summed E-state index contributed by atoms with van der Waals surface area (Å²) in [5.74, 6) is -0.597. The molecule has 0 spiro atoms. The number of hydrogen-bond acceptors (Lipinski definition) is 8. The van der Waals surface area contributed by atoms with Crippen molar-refractivity contribution >= 4 is 5.78 Å². The third-order valence-corrected chi connectivity index (χ3v) is 4.81. The van der Waals surface area contributed by atoms with Crippen molar-refractivity contribution in [2.24, 2.45) is 5.92 Å². The van der Waals surface area contributed by atoms with Crippen LogP contribution in [0.1, 0.15) is 35.4 Å². The van der Waals surface area contributed by atoms with Crippen LogP contribution in [0.3, 0.4) is 0 Å². The van der Waals surface area contributed by atoms with Crippen molar-refractivity contribution in [3.63, 3.8) is 0 Å². The van der Waals surface area contributed by atoms with Crippen LogP contribution in [0.15, 0.2) is 18.2 Å². The summed E-state index contributed by atoms with van der Waals surface area (Å²) >= 11 is 0. The van der Waals surface area contributed by atoms with E-state index in [9.17, 15) is 30.3 Å². The van der Waals surface area contributed by atoms with Gasteiger partial charge in [-0.25, -0.2) is 0 Å². The predicted octanol–water partition coefficient (Wildman–Crippen LogP) is -0.528. The minimum absolute atomic E-state index is 0.142. The molecule has 0 amide bonds. The summed E-state index contributed by atoms with van der Waals surface area (Å²) in [5.41, 5.74) is 0.649. The van der Waals surface area contributed by atoms with Gasteiger partial charge in [-0.3, -0.25) is 4.79 Å². The first-order valence-corrected chi connectivity index (χ1v) is 8.16. The van der Waals surface area contributed by atoms with Crippen LogP contribution in [0, 0.1) is 5.92 Å². The molecular formula is C17H22O8. The second-order valence-electron chi connectivity index (χ2n) is 6.60. The molecule has 138 valence electrons. The largest absolute Gasteiger partial charge is 0.507 e. The second kappa shape index (κ2) is 6.99. The number of fused-ring (bicyclic) bond motifs is 1. The lowest BCUT2D eigenvalue weighted by Gasteiger charge is -2.42. The molecule has 3 rings (SSSR count). The van der Waals surface area contributed by atoms with Crippen LogP contribution in [-0.2, 0) is 9.47 Å². The fourth-order valence-electron chi connectivity index (χ4n) is 3.44. The van der Waals surface area contributed by atoms with Crippen LogP contribution >= 0.6 is 0 Å². The summed E-state index contributed by atoms with van der Waals surface area (Å²) in [6.07, 6.45) is -7.43. The molecule has 7 atom stereocenters. The molecule has 25 heavy (non-hydrogen) atoms. The van der Waals surface area contributed by atoms with E-state index >= 15 is 0 Å². The van der Waals surface area contributed by atoms with Gasteiger partial charge in [0.1, 0.15) is 30.2 Å². The SMILES string of the molecule is C[C@H]1CC(=O)c2c(O)cccc2[C@@H]1O[C@@H]1O[C@H](CO)[C@@H](O)[C@H](O)[C@H]1O. The van der Waals surface area contributed by atoms with Gasteiger partial charge >= 0.3 is 0 Å². The highest BCUT2D eigenvalue weighted by Crippen LogP contribution is 2.41. The van der Waals surface area contributed by atoms with E-state index in [1.54, 1.807) is 19.1 Å². The Labute approximate surface area is 144 Å². The molecule has 0 bridgehead atoms. The van der Waals surface area contributed by atoms with Crippen LogP contribution < -0.4 is 0 Å². The summed E-state index contributed by atoms with van der Waals surface area (Å²) in [4.78, 5) is 12.2. The number of Topliss-reactive ketones (excluding diaryl/α,β-unsaturated/α-hetero) is 1. The Hall–Kier alpha value is -1.55. The molecule has 5 N–H and O–H groups in total. The molecule has 0 saturated carbocycles. The molecule has 1 aromatic rings. The van der Waals surface area contributed by atoms with Crippen LogP contribution in [0.2, 0.25) is 0 Å². The summed E-state index contributed by atoms with van der Waals surface area (Å²) in [7, 11) is 0. The topological polar surface area (TPSA) is 137 Å². The highest BCUT2D eigenvalue weighted by atomic mass is 16.7. The Morgan fingerprint density at radius 3 is 2.60 bits per heavy atom. The molecule has 1 saturated heterocycles. The Morgan fingerprint density at radius 2 is 1.92 bits per heavy atom. The van der Waals surface area contributed by atoms with E-state index < -0.39 is 43.4 Å².